The van der Waals surface area contributed by atoms with E-state index in [9.17, 15) is 13.2 Å². The molecule has 2 heterocycles. The molecular weight excluding hydrogens is 310 g/mol. The van der Waals surface area contributed by atoms with Crippen molar-refractivity contribution in [1.29, 1.82) is 0 Å². The molecule has 21 heavy (non-hydrogen) atoms. The summed E-state index contributed by atoms with van der Waals surface area (Å²) in [6, 6.07) is 7.35. The molecule has 1 aromatic carbocycles. The van der Waals surface area contributed by atoms with Gasteiger partial charge in [0.15, 0.2) is 0 Å². The van der Waals surface area contributed by atoms with Crippen LogP contribution in [0.5, 0.6) is 0 Å². The molecule has 3 rings (SSSR count). The van der Waals surface area contributed by atoms with Gasteiger partial charge in [-0.2, -0.15) is 4.31 Å². The molecule has 1 fully saturated rings. The number of fused-ring (bicyclic) bond motifs is 1. The third-order valence-corrected chi connectivity index (χ3v) is 6.81. The van der Waals surface area contributed by atoms with E-state index in [1.807, 2.05) is 18.2 Å². The van der Waals surface area contributed by atoms with Crippen LogP contribution in [0.2, 0.25) is 0 Å². The highest BCUT2D eigenvalue weighted by Crippen LogP contribution is 2.32. The van der Waals surface area contributed by atoms with Gasteiger partial charge in [0.2, 0.25) is 10.0 Å². The SMILES string of the molecule is O=C(O)C1CCCN(S(=O)(=O)c2csc3ccccc23)C1. The van der Waals surface area contributed by atoms with Crippen LogP contribution in [-0.2, 0) is 14.8 Å². The van der Waals surface area contributed by atoms with Gasteiger partial charge in [-0.1, -0.05) is 18.2 Å². The first-order valence-electron chi connectivity index (χ1n) is 6.69. The molecule has 0 saturated carbocycles. The summed E-state index contributed by atoms with van der Waals surface area (Å²) >= 11 is 1.39. The van der Waals surface area contributed by atoms with Crippen molar-refractivity contribution < 1.29 is 18.3 Å². The van der Waals surface area contributed by atoms with Crippen molar-refractivity contribution in [2.45, 2.75) is 17.7 Å². The summed E-state index contributed by atoms with van der Waals surface area (Å²) in [5.74, 6) is -1.54. The number of hydrogen-bond acceptors (Lipinski definition) is 4. The fraction of sp³-hybridized carbons (Fsp3) is 0.357. The Hall–Kier alpha value is -1.44. The van der Waals surface area contributed by atoms with Crippen LogP contribution in [0.25, 0.3) is 10.1 Å². The summed E-state index contributed by atoms with van der Waals surface area (Å²) in [4.78, 5) is 11.4. The minimum Gasteiger partial charge on any atom is -0.481 e. The maximum absolute atomic E-state index is 12.8. The number of carboxylic acids is 1. The van der Waals surface area contributed by atoms with E-state index in [1.165, 1.54) is 15.6 Å². The standard InChI is InChI=1S/C14H15NO4S2/c16-14(17)10-4-3-7-15(8-10)21(18,19)13-9-20-12-6-2-1-5-11(12)13/h1-2,5-6,9-10H,3-4,7-8H2,(H,16,17). The van der Waals surface area contributed by atoms with Crippen molar-refractivity contribution in [3.05, 3.63) is 29.6 Å². The molecule has 1 N–H and O–H groups in total. The number of carbonyl (C=O) groups is 1. The molecular formula is C14H15NO4S2. The average Bonchev–Trinajstić information content (AvgIpc) is 2.92. The summed E-state index contributed by atoms with van der Waals surface area (Å²) in [5, 5.41) is 11.5. The van der Waals surface area contributed by atoms with Gasteiger partial charge in [0.1, 0.15) is 4.90 Å². The Labute approximate surface area is 126 Å². The number of rotatable bonds is 3. The van der Waals surface area contributed by atoms with Gasteiger partial charge in [-0.05, 0) is 18.9 Å². The van der Waals surface area contributed by atoms with Gasteiger partial charge in [-0.25, -0.2) is 8.42 Å². The van der Waals surface area contributed by atoms with Crippen molar-refractivity contribution in [2.24, 2.45) is 5.92 Å². The molecule has 1 unspecified atom stereocenters. The molecule has 1 saturated heterocycles. The van der Waals surface area contributed by atoms with Crippen LogP contribution in [0.3, 0.4) is 0 Å². The van der Waals surface area contributed by atoms with Crippen LogP contribution in [0.15, 0.2) is 34.5 Å². The molecule has 0 bridgehead atoms. The van der Waals surface area contributed by atoms with Crippen LogP contribution in [0.1, 0.15) is 12.8 Å². The highest BCUT2D eigenvalue weighted by atomic mass is 32.2. The number of thiophene rings is 1. The molecule has 112 valence electrons. The zero-order chi connectivity index (χ0) is 15.0. The Balaban J connectivity index is 1.98. The smallest absolute Gasteiger partial charge is 0.307 e. The van der Waals surface area contributed by atoms with Crippen molar-refractivity contribution in [2.75, 3.05) is 13.1 Å². The van der Waals surface area contributed by atoms with E-state index >= 15 is 0 Å². The number of aliphatic carboxylic acids is 1. The van der Waals surface area contributed by atoms with Crippen LogP contribution in [-0.4, -0.2) is 36.9 Å². The predicted molar refractivity (Wildman–Crippen MR) is 80.9 cm³/mol. The highest BCUT2D eigenvalue weighted by Gasteiger charge is 2.34. The van der Waals surface area contributed by atoms with Crippen LogP contribution in [0.4, 0.5) is 0 Å². The van der Waals surface area contributed by atoms with Gasteiger partial charge in [-0.15, -0.1) is 11.3 Å². The Morgan fingerprint density at radius 2 is 2.10 bits per heavy atom. The Morgan fingerprint density at radius 1 is 1.33 bits per heavy atom. The number of carboxylic acid groups (broad SMARTS) is 1. The maximum atomic E-state index is 12.8. The predicted octanol–water partition coefficient (Wildman–Crippen LogP) is 2.39. The second-order valence-corrected chi connectivity index (χ2v) is 7.95. The lowest BCUT2D eigenvalue weighted by molar-refractivity contribution is -0.142. The second-order valence-electron chi connectivity index (χ2n) is 5.14. The molecule has 0 radical (unpaired) electrons. The van der Waals surface area contributed by atoms with E-state index < -0.39 is 21.9 Å². The molecule has 7 heteroatoms. The van der Waals surface area contributed by atoms with Crippen LogP contribution >= 0.6 is 11.3 Å². The van der Waals surface area contributed by atoms with Crippen LogP contribution < -0.4 is 0 Å². The lowest BCUT2D eigenvalue weighted by atomic mass is 10.0. The number of hydrogen-bond donors (Lipinski definition) is 1. The third kappa shape index (κ3) is 2.56. The fourth-order valence-electron chi connectivity index (χ4n) is 2.65. The fourth-order valence-corrected chi connectivity index (χ4v) is 5.65. The van der Waals surface area contributed by atoms with Crippen molar-refractivity contribution in [3.8, 4) is 0 Å². The van der Waals surface area contributed by atoms with Gasteiger partial charge in [-0.3, -0.25) is 4.79 Å². The van der Waals surface area contributed by atoms with E-state index in [-0.39, 0.29) is 11.4 Å². The zero-order valence-corrected chi connectivity index (χ0v) is 12.9. The van der Waals surface area contributed by atoms with Crippen molar-refractivity contribution in [3.63, 3.8) is 0 Å². The molecule has 1 atom stereocenters. The van der Waals surface area contributed by atoms with E-state index in [1.54, 1.807) is 11.4 Å². The molecule has 0 amide bonds. The first kappa shape index (κ1) is 14.5. The van der Waals surface area contributed by atoms with Gasteiger partial charge < -0.3 is 5.11 Å². The van der Waals surface area contributed by atoms with Crippen molar-refractivity contribution in [1.82, 2.24) is 4.31 Å². The largest absolute Gasteiger partial charge is 0.481 e. The van der Waals surface area contributed by atoms with Crippen molar-refractivity contribution >= 4 is 37.4 Å². The summed E-state index contributed by atoms with van der Waals surface area (Å²) in [6.45, 7) is 0.443. The summed E-state index contributed by atoms with van der Waals surface area (Å²) in [6.07, 6.45) is 1.12. The summed E-state index contributed by atoms with van der Waals surface area (Å²) in [5.41, 5.74) is 0. The maximum Gasteiger partial charge on any atom is 0.307 e. The number of piperidine rings is 1. The Bertz CT molecular complexity index is 781. The molecule has 1 aromatic heterocycles. The topological polar surface area (TPSA) is 74.7 Å². The minimum absolute atomic E-state index is 0.0574. The molecule has 0 aliphatic carbocycles. The number of benzene rings is 1. The molecule has 5 nitrogen and oxygen atoms in total. The number of sulfonamides is 1. The summed E-state index contributed by atoms with van der Waals surface area (Å²) in [7, 11) is -3.63. The Morgan fingerprint density at radius 3 is 2.86 bits per heavy atom. The minimum atomic E-state index is -3.63. The van der Waals surface area contributed by atoms with E-state index in [4.69, 9.17) is 5.11 Å². The van der Waals surface area contributed by atoms with E-state index in [0.717, 1.165) is 4.70 Å². The second kappa shape index (κ2) is 5.40. The monoisotopic (exact) mass is 325 g/mol. The molecule has 2 aromatic rings. The van der Waals surface area contributed by atoms with E-state index in [2.05, 4.69) is 0 Å². The Kier molecular flexibility index (Phi) is 3.73. The number of nitrogens with zero attached hydrogens (tertiary/aromatic N) is 1. The highest BCUT2D eigenvalue weighted by molar-refractivity contribution is 7.89. The lowest BCUT2D eigenvalue weighted by Gasteiger charge is -2.29. The van der Waals surface area contributed by atoms with Gasteiger partial charge >= 0.3 is 5.97 Å². The summed E-state index contributed by atoms with van der Waals surface area (Å²) < 4.78 is 27.8. The lowest BCUT2D eigenvalue weighted by Crippen LogP contribution is -2.42. The molecule has 1 aliphatic rings. The van der Waals surface area contributed by atoms with E-state index in [0.29, 0.717) is 24.8 Å². The zero-order valence-electron chi connectivity index (χ0n) is 11.2. The van der Waals surface area contributed by atoms with Crippen LogP contribution in [0, 0.1) is 5.92 Å². The first-order valence-corrected chi connectivity index (χ1v) is 9.01. The molecule has 1 aliphatic heterocycles. The third-order valence-electron chi connectivity index (χ3n) is 3.80. The normalized spacial score (nSPS) is 20.7. The van der Waals surface area contributed by atoms with Gasteiger partial charge in [0.25, 0.3) is 0 Å². The van der Waals surface area contributed by atoms with Gasteiger partial charge in [0.05, 0.1) is 5.92 Å². The van der Waals surface area contributed by atoms with Gasteiger partial charge in [0, 0.05) is 28.6 Å². The molecule has 0 spiro atoms. The average molecular weight is 325 g/mol. The first-order chi connectivity index (χ1) is 10.00. The quantitative estimate of drug-likeness (QED) is 0.940.